The van der Waals surface area contributed by atoms with E-state index in [9.17, 15) is 9.18 Å². The molecule has 3 rings (SSSR count). The van der Waals surface area contributed by atoms with Crippen LogP contribution < -0.4 is 10.2 Å². The standard InChI is InChI=1S/C25H34FN3O2/c1-17-9-10-24(26)23(19(17)3)13-18(2)25(30)27-20-7-6-8-21(14-20)29-11-12-31-22(16-29)15-28(4)5/h6-10,14,18,22H,11-13,15-16H2,1-5H3,(H,27,30). The van der Waals surface area contributed by atoms with Gasteiger partial charge in [0.05, 0.1) is 12.7 Å². The number of nitrogens with zero attached hydrogens (tertiary/aromatic N) is 2. The Kier molecular flexibility index (Phi) is 7.68. The Labute approximate surface area is 185 Å². The minimum Gasteiger partial charge on any atom is -0.373 e. The van der Waals surface area contributed by atoms with E-state index in [0.717, 1.165) is 42.1 Å². The number of likely N-dealkylation sites (N-methyl/N-ethyl adjacent to an activating group) is 1. The van der Waals surface area contributed by atoms with Gasteiger partial charge in [0.15, 0.2) is 0 Å². The monoisotopic (exact) mass is 427 g/mol. The number of carbonyl (C=O) groups excluding carboxylic acids is 1. The molecule has 1 N–H and O–H groups in total. The van der Waals surface area contributed by atoms with Crippen LogP contribution in [0.3, 0.4) is 0 Å². The summed E-state index contributed by atoms with van der Waals surface area (Å²) in [6, 6.07) is 11.2. The third-order valence-electron chi connectivity index (χ3n) is 5.96. The fourth-order valence-corrected chi connectivity index (χ4v) is 4.01. The van der Waals surface area contributed by atoms with Gasteiger partial charge in [0, 0.05) is 36.9 Å². The summed E-state index contributed by atoms with van der Waals surface area (Å²) in [7, 11) is 4.09. The SMILES string of the molecule is Cc1ccc(F)c(CC(C)C(=O)Nc2cccc(N3CCOC(CN(C)C)C3)c2)c1C. The van der Waals surface area contributed by atoms with Gasteiger partial charge >= 0.3 is 0 Å². The highest BCUT2D eigenvalue weighted by molar-refractivity contribution is 5.93. The molecular formula is C25H34FN3O2. The molecule has 5 nitrogen and oxygen atoms in total. The Hall–Kier alpha value is -2.44. The van der Waals surface area contributed by atoms with Crippen LogP contribution in [0.2, 0.25) is 0 Å². The lowest BCUT2D eigenvalue weighted by atomic mass is 9.94. The number of rotatable bonds is 7. The van der Waals surface area contributed by atoms with Crippen LogP contribution in [0.1, 0.15) is 23.6 Å². The van der Waals surface area contributed by atoms with Gasteiger partial charge in [-0.05, 0) is 75.3 Å². The molecule has 1 saturated heterocycles. The number of benzene rings is 2. The lowest BCUT2D eigenvalue weighted by Crippen LogP contribution is -2.46. The minimum atomic E-state index is -0.341. The van der Waals surface area contributed by atoms with Crippen LogP contribution in [0.25, 0.3) is 0 Å². The van der Waals surface area contributed by atoms with Crippen LogP contribution in [0.5, 0.6) is 0 Å². The van der Waals surface area contributed by atoms with Crippen molar-refractivity contribution in [2.24, 2.45) is 5.92 Å². The maximum atomic E-state index is 14.3. The molecule has 2 aromatic rings. The summed E-state index contributed by atoms with van der Waals surface area (Å²) in [6.45, 7) is 8.92. The molecule has 168 valence electrons. The van der Waals surface area contributed by atoms with Gasteiger partial charge in [-0.3, -0.25) is 4.79 Å². The van der Waals surface area contributed by atoms with E-state index in [1.54, 1.807) is 6.07 Å². The molecule has 0 radical (unpaired) electrons. The van der Waals surface area contributed by atoms with E-state index in [1.165, 1.54) is 6.07 Å². The molecule has 6 heteroatoms. The molecule has 1 fully saturated rings. The second-order valence-corrected chi connectivity index (χ2v) is 8.81. The zero-order valence-corrected chi connectivity index (χ0v) is 19.2. The van der Waals surface area contributed by atoms with Gasteiger partial charge in [0.2, 0.25) is 5.91 Å². The molecule has 1 aliphatic heterocycles. The predicted octanol–water partition coefficient (Wildman–Crippen LogP) is 4.03. The predicted molar refractivity (Wildman–Crippen MR) is 124 cm³/mol. The van der Waals surface area contributed by atoms with E-state index in [4.69, 9.17) is 4.74 Å². The summed E-state index contributed by atoms with van der Waals surface area (Å²) in [5.74, 6) is -0.694. The quantitative estimate of drug-likeness (QED) is 0.725. The van der Waals surface area contributed by atoms with E-state index in [0.29, 0.717) is 18.6 Å². The van der Waals surface area contributed by atoms with Crippen molar-refractivity contribution in [3.63, 3.8) is 0 Å². The van der Waals surface area contributed by atoms with Crippen LogP contribution in [0, 0.1) is 25.6 Å². The van der Waals surface area contributed by atoms with Crippen molar-refractivity contribution in [2.75, 3.05) is 50.6 Å². The second kappa shape index (κ2) is 10.2. The average molecular weight is 428 g/mol. The zero-order valence-electron chi connectivity index (χ0n) is 19.2. The average Bonchev–Trinajstić information content (AvgIpc) is 2.73. The van der Waals surface area contributed by atoms with Crippen LogP contribution in [-0.2, 0) is 16.0 Å². The summed E-state index contributed by atoms with van der Waals surface area (Å²) in [6.07, 6.45) is 0.537. The third-order valence-corrected chi connectivity index (χ3v) is 5.96. The number of halogens is 1. The Morgan fingerprint density at radius 2 is 2.06 bits per heavy atom. The molecule has 1 amide bonds. The molecular weight excluding hydrogens is 393 g/mol. The number of nitrogens with one attached hydrogen (secondary N) is 1. The van der Waals surface area contributed by atoms with E-state index >= 15 is 0 Å². The first-order valence-corrected chi connectivity index (χ1v) is 10.9. The van der Waals surface area contributed by atoms with Crippen molar-refractivity contribution in [1.82, 2.24) is 4.90 Å². The van der Waals surface area contributed by atoms with Gasteiger partial charge in [-0.1, -0.05) is 19.1 Å². The van der Waals surface area contributed by atoms with Gasteiger partial charge in [-0.15, -0.1) is 0 Å². The first-order chi connectivity index (χ1) is 14.7. The van der Waals surface area contributed by atoms with Gasteiger partial charge < -0.3 is 19.9 Å². The molecule has 31 heavy (non-hydrogen) atoms. The van der Waals surface area contributed by atoms with Crippen molar-refractivity contribution in [3.05, 3.63) is 58.9 Å². The number of ether oxygens (including phenoxy) is 1. The Morgan fingerprint density at radius 3 is 2.81 bits per heavy atom. The topological polar surface area (TPSA) is 44.8 Å². The number of morpholine rings is 1. The minimum absolute atomic E-state index is 0.107. The highest BCUT2D eigenvalue weighted by Gasteiger charge is 2.22. The molecule has 0 bridgehead atoms. The number of hydrogen-bond acceptors (Lipinski definition) is 4. The molecule has 0 saturated carbocycles. The van der Waals surface area contributed by atoms with Crippen LogP contribution in [0.15, 0.2) is 36.4 Å². The first kappa shape index (κ1) is 23.2. The Balaban J connectivity index is 1.65. The molecule has 2 aromatic carbocycles. The maximum Gasteiger partial charge on any atom is 0.227 e. The van der Waals surface area contributed by atoms with E-state index < -0.39 is 0 Å². The number of hydrogen-bond donors (Lipinski definition) is 1. The number of anilines is 2. The Bertz CT molecular complexity index is 916. The maximum absolute atomic E-state index is 14.3. The third kappa shape index (κ3) is 6.05. The fourth-order valence-electron chi connectivity index (χ4n) is 4.01. The van der Waals surface area contributed by atoms with Crippen molar-refractivity contribution >= 4 is 17.3 Å². The van der Waals surface area contributed by atoms with Crippen molar-refractivity contribution in [1.29, 1.82) is 0 Å². The summed E-state index contributed by atoms with van der Waals surface area (Å²) in [5, 5.41) is 3.01. The summed E-state index contributed by atoms with van der Waals surface area (Å²) in [4.78, 5) is 17.2. The van der Waals surface area contributed by atoms with Gasteiger partial charge in [-0.2, -0.15) is 0 Å². The Morgan fingerprint density at radius 1 is 1.29 bits per heavy atom. The number of aryl methyl sites for hydroxylation is 1. The molecule has 1 aliphatic rings. The lowest BCUT2D eigenvalue weighted by Gasteiger charge is -2.35. The molecule has 0 aliphatic carbocycles. The highest BCUT2D eigenvalue weighted by Crippen LogP contribution is 2.24. The molecule has 2 unspecified atom stereocenters. The van der Waals surface area contributed by atoms with Crippen molar-refractivity contribution < 1.29 is 13.9 Å². The fraction of sp³-hybridized carbons (Fsp3) is 0.480. The largest absolute Gasteiger partial charge is 0.373 e. The highest BCUT2D eigenvalue weighted by atomic mass is 19.1. The lowest BCUT2D eigenvalue weighted by molar-refractivity contribution is -0.119. The van der Waals surface area contributed by atoms with Crippen LogP contribution >= 0.6 is 0 Å². The van der Waals surface area contributed by atoms with Crippen molar-refractivity contribution in [3.8, 4) is 0 Å². The van der Waals surface area contributed by atoms with E-state index in [2.05, 4.69) is 21.2 Å². The van der Waals surface area contributed by atoms with Gasteiger partial charge in [0.25, 0.3) is 0 Å². The first-order valence-electron chi connectivity index (χ1n) is 10.9. The van der Waals surface area contributed by atoms with E-state index in [1.807, 2.05) is 53.1 Å². The van der Waals surface area contributed by atoms with Crippen molar-refractivity contribution in [2.45, 2.75) is 33.3 Å². The summed E-state index contributed by atoms with van der Waals surface area (Å²) in [5.41, 5.74) is 4.40. The number of carbonyl (C=O) groups is 1. The molecule has 0 aromatic heterocycles. The normalized spacial score (nSPS) is 17.6. The molecule has 0 spiro atoms. The van der Waals surface area contributed by atoms with Crippen LogP contribution in [0.4, 0.5) is 15.8 Å². The van der Waals surface area contributed by atoms with Gasteiger partial charge in [0.1, 0.15) is 5.82 Å². The molecule has 1 heterocycles. The van der Waals surface area contributed by atoms with Crippen LogP contribution in [-0.4, -0.2) is 57.2 Å². The summed E-state index contributed by atoms with van der Waals surface area (Å²) < 4.78 is 20.2. The second-order valence-electron chi connectivity index (χ2n) is 8.81. The smallest absolute Gasteiger partial charge is 0.227 e. The van der Waals surface area contributed by atoms with Gasteiger partial charge in [-0.25, -0.2) is 4.39 Å². The number of amides is 1. The summed E-state index contributed by atoms with van der Waals surface area (Å²) >= 11 is 0. The zero-order chi connectivity index (χ0) is 22.5. The molecule has 2 atom stereocenters. The van der Waals surface area contributed by atoms with E-state index in [-0.39, 0.29) is 23.7 Å².